The van der Waals surface area contributed by atoms with Crippen molar-refractivity contribution in [2.24, 2.45) is 17.9 Å². The smallest absolute Gasteiger partial charge is 0.335 e. The highest BCUT2D eigenvalue weighted by atomic mass is 16.4. The van der Waals surface area contributed by atoms with Crippen molar-refractivity contribution in [3.8, 4) is 0 Å². The van der Waals surface area contributed by atoms with E-state index in [9.17, 15) is 24.6 Å². The summed E-state index contributed by atoms with van der Waals surface area (Å²) in [5.74, 6) is -1.39. The summed E-state index contributed by atoms with van der Waals surface area (Å²) in [6, 6.07) is 4.78. The number of carbonyl (C=O) groups is 3. The minimum atomic E-state index is -0.968. The van der Waals surface area contributed by atoms with Crippen LogP contribution in [0.25, 0.3) is 11.0 Å². The molecule has 1 atom stereocenters. The van der Waals surface area contributed by atoms with Gasteiger partial charge in [-0.05, 0) is 80.0 Å². The molecule has 38 heavy (non-hydrogen) atoms. The normalized spacial score (nSPS) is 25.8. The third-order valence-electron chi connectivity index (χ3n) is 9.09. The topological polar surface area (TPSA) is 159 Å². The number of aryl methyl sites for hydroxylation is 2. The SMILES string of the molecule is Cn1nc(NCC23CCC(C(=O)O)(CC2)CC3)c2ncnc(C(=O)N[C@H]3CCc4cc(C(=O)O)ccc43)c21. The molecular formula is C27H30N6O5. The molecular weight excluding hydrogens is 488 g/mol. The van der Waals surface area contributed by atoms with E-state index in [4.69, 9.17) is 0 Å². The summed E-state index contributed by atoms with van der Waals surface area (Å²) in [5.41, 5.74) is 2.92. The van der Waals surface area contributed by atoms with Crippen molar-refractivity contribution >= 4 is 34.7 Å². The number of rotatable bonds is 7. The Morgan fingerprint density at radius 2 is 1.82 bits per heavy atom. The van der Waals surface area contributed by atoms with Crippen LogP contribution in [0, 0.1) is 10.8 Å². The summed E-state index contributed by atoms with van der Waals surface area (Å²) in [4.78, 5) is 45.1. The van der Waals surface area contributed by atoms with E-state index in [1.54, 1.807) is 29.9 Å². The number of carbonyl (C=O) groups excluding carboxylic acids is 1. The van der Waals surface area contributed by atoms with Crippen LogP contribution < -0.4 is 10.6 Å². The maximum atomic E-state index is 13.3. The molecule has 3 aromatic rings. The van der Waals surface area contributed by atoms with Crippen LogP contribution in [0.3, 0.4) is 0 Å². The number of nitrogens with one attached hydrogen (secondary N) is 2. The maximum Gasteiger partial charge on any atom is 0.335 e. The first-order valence-corrected chi connectivity index (χ1v) is 13.0. The third-order valence-corrected chi connectivity index (χ3v) is 9.09. The summed E-state index contributed by atoms with van der Waals surface area (Å²) < 4.78 is 1.61. The lowest BCUT2D eigenvalue weighted by Gasteiger charge is -2.51. The first-order chi connectivity index (χ1) is 18.2. The quantitative estimate of drug-likeness (QED) is 0.368. The Bertz CT molecular complexity index is 1460. The molecule has 198 valence electrons. The molecule has 0 radical (unpaired) electrons. The number of aliphatic carboxylic acids is 1. The summed E-state index contributed by atoms with van der Waals surface area (Å²) in [7, 11) is 1.76. The van der Waals surface area contributed by atoms with Gasteiger partial charge in [0.1, 0.15) is 17.4 Å². The van der Waals surface area contributed by atoms with Gasteiger partial charge in [0, 0.05) is 13.6 Å². The predicted octanol–water partition coefficient (Wildman–Crippen LogP) is 3.32. The van der Waals surface area contributed by atoms with Gasteiger partial charge in [-0.25, -0.2) is 14.8 Å². The molecule has 1 aromatic carbocycles. The average molecular weight is 519 g/mol. The summed E-state index contributed by atoms with van der Waals surface area (Å²) in [6.07, 6.45) is 7.48. The van der Waals surface area contributed by atoms with E-state index in [0.717, 1.165) is 30.4 Å². The van der Waals surface area contributed by atoms with Gasteiger partial charge in [-0.1, -0.05) is 6.07 Å². The second-order valence-electron chi connectivity index (χ2n) is 11.1. The number of fused-ring (bicyclic) bond motifs is 5. The molecule has 2 heterocycles. The van der Waals surface area contributed by atoms with Crippen LogP contribution in [0.2, 0.25) is 0 Å². The van der Waals surface area contributed by atoms with Gasteiger partial charge >= 0.3 is 11.9 Å². The van der Waals surface area contributed by atoms with Gasteiger partial charge in [-0.2, -0.15) is 5.10 Å². The molecule has 0 unspecified atom stereocenters. The van der Waals surface area contributed by atoms with E-state index in [2.05, 4.69) is 25.7 Å². The van der Waals surface area contributed by atoms with Gasteiger partial charge in [0.05, 0.1) is 17.0 Å². The number of anilines is 1. The lowest BCUT2D eigenvalue weighted by atomic mass is 9.53. The summed E-state index contributed by atoms with van der Waals surface area (Å²) in [5, 5.41) is 30.0. The zero-order valence-corrected chi connectivity index (χ0v) is 21.2. The monoisotopic (exact) mass is 518 g/mol. The maximum absolute atomic E-state index is 13.3. The van der Waals surface area contributed by atoms with E-state index >= 15 is 0 Å². The van der Waals surface area contributed by atoms with Crippen LogP contribution in [0.1, 0.15) is 83.0 Å². The summed E-state index contributed by atoms with van der Waals surface area (Å²) in [6.45, 7) is 0.678. The van der Waals surface area contributed by atoms with Gasteiger partial charge in [0.2, 0.25) is 0 Å². The second kappa shape index (κ2) is 8.78. The van der Waals surface area contributed by atoms with Crippen LogP contribution in [-0.2, 0) is 18.3 Å². The molecule has 0 aliphatic heterocycles. The predicted molar refractivity (Wildman–Crippen MR) is 137 cm³/mol. The van der Waals surface area contributed by atoms with Gasteiger partial charge in [-0.15, -0.1) is 0 Å². The van der Waals surface area contributed by atoms with E-state index in [1.165, 1.54) is 6.33 Å². The minimum Gasteiger partial charge on any atom is -0.481 e. The first kappa shape index (κ1) is 24.3. The lowest BCUT2D eigenvalue weighted by molar-refractivity contribution is -0.158. The molecule has 3 saturated carbocycles. The van der Waals surface area contributed by atoms with Gasteiger partial charge < -0.3 is 20.8 Å². The molecule has 11 nitrogen and oxygen atoms in total. The second-order valence-corrected chi connectivity index (χ2v) is 11.1. The fraction of sp³-hybridized carbons (Fsp3) is 0.481. The Kier molecular flexibility index (Phi) is 5.62. The molecule has 4 aliphatic carbocycles. The van der Waals surface area contributed by atoms with Crippen LogP contribution in [0.4, 0.5) is 5.82 Å². The van der Waals surface area contributed by atoms with E-state index < -0.39 is 17.4 Å². The molecule has 0 spiro atoms. The molecule has 1 amide bonds. The molecule has 2 aromatic heterocycles. The largest absolute Gasteiger partial charge is 0.481 e. The molecule has 11 heteroatoms. The molecule has 2 bridgehead atoms. The number of amides is 1. The number of carboxylic acid groups (broad SMARTS) is 2. The highest BCUT2D eigenvalue weighted by molar-refractivity contribution is 6.05. The Balaban J connectivity index is 1.19. The third kappa shape index (κ3) is 3.88. The standard InChI is InChI=1S/C27H30N6O5/c1-33-21-19(22(32-33)28-13-26-6-9-27(10-7-26,11-8-26)25(37)38)29-14-30-20(21)23(34)31-18-5-3-15-12-16(24(35)36)2-4-17(15)18/h2,4,12,14,18H,3,5-11,13H2,1H3,(H,28,32)(H,31,34)(H,35,36)(H,37,38)/t18-,26?,27?/m0/s1. The number of benzene rings is 1. The van der Waals surface area contributed by atoms with Crippen LogP contribution in [-0.4, -0.2) is 54.4 Å². The van der Waals surface area contributed by atoms with Crippen LogP contribution >= 0.6 is 0 Å². The first-order valence-electron chi connectivity index (χ1n) is 13.0. The van der Waals surface area contributed by atoms with Crippen LogP contribution in [0.5, 0.6) is 0 Å². The van der Waals surface area contributed by atoms with Gasteiger partial charge in [0.15, 0.2) is 11.5 Å². The highest BCUT2D eigenvalue weighted by Crippen LogP contribution is 2.57. The Morgan fingerprint density at radius 1 is 1.08 bits per heavy atom. The fourth-order valence-corrected chi connectivity index (χ4v) is 6.64. The summed E-state index contributed by atoms with van der Waals surface area (Å²) >= 11 is 0. The van der Waals surface area contributed by atoms with Crippen LogP contribution in [0.15, 0.2) is 24.5 Å². The number of nitrogens with zero attached hydrogens (tertiary/aromatic N) is 4. The zero-order chi connectivity index (χ0) is 26.7. The molecule has 0 saturated heterocycles. The van der Waals surface area contributed by atoms with E-state index in [1.807, 2.05) is 0 Å². The number of carboxylic acids is 2. The number of hydrogen-bond donors (Lipinski definition) is 4. The number of hydrogen-bond acceptors (Lipinski definition) is 7. The fourth-order valence-electron chi connectivity index (χ4n) is 6.64. The lowest BCUT2D eigenvalue weighted by Crippen LogP contribution is -2.48. The van der Waals surface area contributed by atoms with Crippen molar-refractivity contribution in [3.63, 3.8) is 0 Å². The highest BCUT2D eigenvalue weighted by Gasteiger charge is 2.52. The van der Waals surface area contributed by atoms with Crippen molar-refractivity contribution < 1.29 is 24.6 Å². The van der Waals surface area contributed by atoms with Crippen molar-refractivity contribution in [2.45, 2.75) is 57.4 Å². The van der Waals surface area contributed by atoms with Crippen molar-refractivity contribution in [2.75, 3.05) is 11.9 Å². The van der Waals surface area contributed by atoms with Gasteiger partial charge in [0.25, 0.3) is 5.91 Å². The van der Waals surface area contributed by atoms with Crippen molar-refractivity contribution in [3.05, 3.63) is 46.9 Å². The van der Waals surface area contributed by atoms with Crippen molar-refractivity contribution in [1.29, 1.82) is 0 Å². The number of aromatic carboxylic acids is 1. The molecule has 7 rings (SSSR count). The zero-order valence-electron chi connectivity index (χ0n) is 21.2. The average Bonchev–Trinajstić information content (AvgIpc) is 3.48. The van der Waals surface area contributed by atoms with Crippen molar-refractivity contribution in [1.82, 2.24) is 25.1 Å². The Hall–Kier alpha value is -4.02. The minimum absolute atomic E-state index is 0.0463. The van der Waals surface area contributed by atoms with E-state index in [-0.39, 0.29) is 28.6 Å². The van der Waals surface area contributed by atoms with E-state index in [0.29, 0.717) is 55.5 Å². The number of aromatic nitrogens is 4. The Morgan fingerprint density at radius 3 is 2.50 bits per heavy atom. The molecule has 3 fully saturated rings. The molecule has 4 N–H and O–H groups in total. The Labute approximate surface area is 218 Å². The van der Waals surface area contributed by atoms with Gasteiger partial charge in [-0.3, -0.25) is 14.3 Å². The molecule has 4 aliphatic rings.